The molecular weight excluding hydrogens is 276 g/mol. The molecule has 0 fully saturated rings. The van der Waals surface area contributed by atoms with Crippen molar-refractivity contribution in [2.75, 3.05) is 23.9 Å². The average Bonchev–Trinajstić information content (AvgIpc) is 2.34. The summed E-state index contributed by atoms with van der Waals surface area (Å²) in [6.45, 7) is 4.64. The largest absolute Gasteiger partial charge is 0.395 e. The summed E-state index contributed by atoms with van der Waals surface area (Å²) in [7, 11) is 0. The molecule has 0 saturated heterocycles. The molecule has 0 spiro atoms. The number of aliphatic hydroxyl groups excluding tert-OH is 1. The molecule has 0 aliphatic rings. The van der Waals surface area contributed by atoms with Crippen molar-refractivity contribution >= 4 is 48.8 Å². The van der Waals surface area contributed by atoms with E-state index in [-0.39, 0.29) is 6.61 Å². The summed E-state index contributed by atoms with van der Waals surface area (Å²) >= 11 is 12.5. The normalized spacial score (nSPS) is 17.1. The number of thiol groups is 2. The maximum Gasteiger partial charge on any atom is 0.0558 e. The Hall–Kier alpha value is 1.36. The predicted octanol–water partition coefficient (Wildman–Crippen LogP) is 3.23. The Bertz CT molecular complexity index is 149. The van der Waals surface area contributed by atoms with Gasteiger partial charge >= 0.3 is 0 Å². The van der Waals surface area contributed by atoms with Crippen LogP contribution in [0.3, 0.4) is 0 Å². The molecule has 0 aromatic carbocycles. The van der Waals surface area contributed by atoms with Crippen LogP contribution in [-0.4, -0.2) is 44.7 Å². The molecule has 0 aliphatic heterocycles. The van der Waals surface area contributed by atoms with Crippen molar-refractivity contribution in [3.63, 3.8) is 0 Å². The number of thioether (sulfide) groups is 2. The van der Waals surface area contributed by atoms with Gasteiger partial charge < -0.3 is 5.11 Å². The number of aliphatic hydroxyl groups is 1. The summed E-state index contributed by atoms with van der Waals surface area (Å²) in [4.78, 5) is 0. The van der Waals surface area contributed by atoms with E-state index >= 15 is 0 Å². The highest BCUT2D eigenvalue weighted by Gasteiger charge is 2.16. The monoisotopic (exact) mass is 300 g/mol. The molecule has 1 N–H and O–H groups in total. The fourth-order valence-corrected chi connectivity index (χ4v) is 4.70. The lowest BCUT2D eigenvalue weighted by Crippen LogP contribution is -2.20. The van der Waals surface area contributed by atoms with Crippen molar-refractivity contribution in [1.29, 1.82) is 0 Å². The van der Waals surface area contributed by atoms with Gasteiger partial charge in [0.05, 0.1) is 6.61 Å². The summed E-state index contributed by atoms with van der Waals surface area (Å²) in [5, 5.41) is 10.9. The van der Waals surface area contributed by atoms with Crippen molar-refractivity contribution in [3.8, 4) is 0 Å². The van der Waals surface area contributed by atoms with Gasteiger partial charge in [-0.25, -0.2) is 0 Å². The van der Waals surface area contributed by atoms with Crippen LogP contribution in [0.15, 0.2) is 0 Å². The van der Waals surface area contributed by atoms with Crippen LogP contribution in [0.25, 0.3) is 0 Å². The van der Waals surface area contributed by atoms with Crippen LogP contribution in [0.5, 0.6) is 0 Å². The third-order valence-electron chi connectivity index (χ3n) is 2.42. The SMILES string of the molecule is CCC(CS)SCC(CO)SC(CC)CS. The first-order valence-corrected chi connectivity index (χ1v) is 9.06. The second-order valence-corrected chi connectivity index (χ2v) is 7.37. The third-order valence-corrected chi connectivity index (χ3v) is 7.16. The Labute approximate surface area is 120 Å². The number of hydrogen-bond acceptors (Lipinski definition) is 5. The lowest BCUT2D eigenvalue weighted by molar-refractivity contribution is 0.301. The Balaban J connectivity index is 3.90. The molecule has 0 aromatic rings. The average molecular weight is 301 g/mol. The topological polar surface area (TPSA) is 20.2 Å². The molecule has 0 heterocycles. The zero-order chi connectivity index (χ0) is 12.4. The third kappa shape index (κ3) is 7.64. The van der Waals surface area contributed by atoms with Crippen molar-refractivity contribution < 1.29 is 5.11 Å². The Morgan fingerprint density at radius 2 is 1.56 bits per heavy atom. The molecule has 0 aromatic heterocycles. The molecule has 3 atom stereocenters. The minimum absolute atomic E-state index is 0.269. The second kappa shape index (κ2) is 11.5. The first-order chi connectivity index (χ1) is 7.71. The highest BCUT2D eigenvalue weighted by Crippen LogP contribution is 2.26. The maximum absolute atomic E-state index is 9.35. The van der Waals surface area contributed by atoms with Gasteiger partial charge in [-0.3, -0.25) is 0 Å². The smallest absolute Gasteiger partial charge is 0.0558 e. The van der Waals surface area contributed by atoms with Gasteiger partial charge in [-0.1, -0.05) is 13.8 Å². The minimum atomic E-state index is 0.269. The molecule has 3 unspecified atom stereocenters. The van der Waals surface area contributed by atoms with E-state index in [9.17, 15) is 5.11 Å². The zero-order valence-corrected chi connectivity index (χ0v) is 13.6. The highest BCUT2D eigenvalue weighted by molar-refractivity contribution is 8.04. The van der Waals surface area contributed by atoms with E-state index in [1.54, 1.807) is 0 Å². The first-order valence-electron chi connectivity index (χ1n) is 5.81. The van der Waals surface area contributed by atoms with Crippen LogP contribution in [0.1, 0.15) is 26.7 Å². The summed E-state index contributed by atoms with van der Waals surface area (Å²) in [5.74, 6) is 2.84. The molecule has 98 valence electrons. The van der Waals surface area contributed by atoms with Crippen molar-refractivity contribution in [2.45, 2.75) is 42.4 Å². The molecule has 0 saturated carbocycles. The van der Waals surface area contributed by atoms with Gasteiger partial charge in [0.25, 0.3) is 0 Å². The van der Waals surface area contributed by atoms with Crippen LogP contribution in [0.2, 0.25) is 0 Å². The minimum Gasteiger partial charge on any atom is -0.395 e. The number of hydrogen-bond donors (Lipinski definition) is 3. The standard InChI is InChI=1S/C11H24OS4/c1-3-9(6-13)15-8-11(5-12)16-10(4-2)7-14/h9-14H,3-8H2,1-2H3. The van der Waals surface area contributed by atoms with Gasteiger partial charge in [0, 0.05) is 33.0 Å². The lowest BCUT2D eigenvalue weighted by atomic mass is 10.4. The first kappa shape index (κ1) is 17.4. The molecular formula is C11H24OS4. The number of rotatable bonds is 10. The fourth-order valence-electron chi connectivity index (χ4n) is 1.22. The molecule has 0 bridgehead atoms. The van der Waals surface area contributed by atoms with E-state index < -0.39 is 0 Å². The van der Waals surface area contributed by atoms with E-state index in [2.05, 4.69) is 39.1 Å². The highest BCUT2D eigenvalue weighted by atomic mass is 32.2. The van der Waals surface area contributed by atoms with Gasteiger partial charge in [-0.05, 0) is 12.8 Å². The van der Waals surface area contributed by atoms with Crippen molar-refractivity contribution in [2.24, 2.45) is 0 Å². The molecule has 16 heavy (non-hydrogen) atoms. The molecule has 1 nitrogen and oxygen atoms in total. The van der Waals surface area contributed by atoms with E-state index in [4.69, 9.17) is 0 Å². The van der Waals surface area contributed by atoms with Crippen LogP contribution < -0.4 is 0 Å². The van der Waals surface area contributed by atoms with Crippen LogP contribution in [0, 0.1) is 0 Å². The second-order valence-electron chi connectivity index (χ2n) is 3.70. The summed E-state index contributed by atoms with van der Waals surface area (Å²) < 4.78 is 0. The predicted molar refractivity (Wildman–Crippen MR) is 86.8 cm³/mol. The van der Waals surface area contributed by atoms with Crippen molar-refractivity contribution in [3.05, 3.63) is 0 Å². The van der Waals surface area contributed by atoms with Gasteiger partial charge in [-0.15, -0.1) is 0 Å². The fraction of sp³-hybridized carbons (Fsp3) is 1.00. The van der Waals surface area contributed by atoms with E-state index in [1.807, 2.05) is 23.5 Å². The van der Waals surface area contributed by atoms with E-state index in [1.165, 1.54) is 0 Å². The molecule has 0 aliphatic carbocycles. The Morgan fingerprint density at radius 3 is 1.94 bits per heavy atom. The van der Waals surface area contributed by atoms with E-state index in [0.29, 0.717) is 15.7 Å². The van der Waals surface area contributed by atoms with Crippen LogP contribution >= 0.6 is 48.8 Å². The van der Waals surface area contributed by atoms with Crippen LogP contribution in [-0.2, 0) is 0 Å². The van der Waals surface area contributed by atoms with Gasteiger partial charge in [-0.2, -0.15) is 48.8 Å². The van der Waals surface area contributed by atoms with Gasteiger partial charge in [0.2, 0.25) is 0 Å². The quantitative estimate of drug-likeness (QED) is 0.539. The lowest BCUT2D eigenvalue weighted by Gasteiger charge is -2.21. The molecule has 5 heteroatoms. The van der Waals surface area contributed by atoms with Gasteiger partial charge in [0.15, 0.2) is 0 Å². The van der Waals surface area contributed by atoms with Crippen molar-refractivity contribution in [1.82, 2.24) is 0 Å². The summed E-state index contributed by atoms with van der Waals surface area (Å²) in [6, 6.07) is 0. The van der Waals surface area contributed by atoms with Crippen LogP contribution in [0.4, 0.5) is 0 Å². The summed E-state index contributed by atoms with van der Waals surface area (Å²) in [6.07, 6.45) is 2.28. The summed E-state index contributed by atoms with van der Waals surface area (Å²) in [5.41, 5.74) is 0. The molecule has 0 radical (unpaired) electrons. The zero-order valence-electron chi connectivity index (χ0n) is 10.1. The molecule has 0 rings (SSSR count). The molecule has 0 amide bonds. The Morgan fingerprint density at radius 1 is 1.00 bits per heavy atom. The maximum atomic E-state index is 9.35. The van der Waals surface area contributed by atoms with Gasteiger partial charge in [0.1, 0.15) is 0 Å². The van der Waals surface area contributed by atoms with E-state index in [0.717, 1.165) is 30.1 Å². The Kier molecular flexibility index (Phi) is 12.4.